The summed E-state index contributed by atoms with van der Waals surface area (Å²) >= 11 is 0. The fourth-order valence-electron chi connectivity index (χ4n) is 1.43. The molecular weight excluding hydrogens is 208 g/mol. The number of hydrogen-bond donors (Lipinski definition) is 2. The van der Waals surface area contributed by atoms with Gasteiger partial charge in [0.1, 0.15) is 0 Å². The Kier molecular flexibility index (Phi) is 2.32. The zero-order chi connectivity index (χ0) is 11.7. The van der Waals surface area contributed by atoms with Gasteiger partial charge in [0.05, 0.1) is 11.1 Å². The van der Waals surface area contributed by atoms with E-state index in [0.717, 1.165) is 5.39 Å². The van der Waals surface area contributed by atoms with Gasteiger partial charge < -0.3 is 10.2 Å². The molecule has 79 valence electrons. The number of carboxylic acid groups (broad SMARTS) is 2. The third kappa shape index (κ3) is 1.72. The van der Waals surface area contributed by atoms with Crippen LogP contribution in [0.3, 0.4) is 0 Å². The molecule has 4 heteroatoms. The Morgan fingerprint density at radius 2 is 1.69 bits per heavy atom. The van der Waals surface area contributed by atoms with Crippen molar-refractivity contribution in [2.75, 3.05) is 0 Å². The highest BCUT2D eigenvalue weighted by atomic mass is 16.4. The molecule has 0 unspecified atom stereocenters. The molecule has 4 nitrogen and oxygen atoms in total. The minimum absolute atomic E-state index is 0.0232. The van der Waals surface area contributed by atoms with Gasteiger partial charge in [-0.05, 0) is 29.0 Å². The molecule has 0 aliphatic rings. The van der Waals surface area contributed by atoms with E-state index in [2.05, 4.69) is 6.07 Å². The van der Waals surface area contributed by atoms with Gasteiger partial charge in [-0.1, -0.05) is 12.1 Å². The van der Waals surface area contributed by atoms with Crippen molar-refractivity contribution in [3.05, 3.63) is 47.5 Å². The molecule has 0 atom stereocenters. The lowest BCUT2D eigenvalue weighted by Crippen LogP contribution is -1.98. The van der Waals surface area contributed by atoms with Crippen LogP contribution in [0.15, 0.2) is 30.3 Å². The smallest absolute Gasteiger partial charge is 0.336 e. The Morgan fingerprint density at radius 3 is 2.31 bits per heavy atom. The SMILES string of the molecule is O=C(O)c1[c]c2cc(C(=O)O)ccc2cc1. The largest absolute Gasteiger partial charge is 0.478 e. The Hall–Kier alpha value is -2.36. The Bertz CT molecular complexity index is 538. The molecule has 0 spiro atoms. The Labute approximate surface area is 90.8 Å². The summed E-state index contributed by atoms with van der Waals surface area (Å²) in [6.45, 7) is 0. The molecule has 0 saturated heterocycles. The van der Waals surface area contributed by atoms with Gasteiger partial charge in [0.15, 0.2) is 0 Å². The second-order valence-corrected chi connectivity index (χ2v) is 3.28. The van der Waals surface area contributed by atoms with Crippen LogP contribution in [-0.4, -0.2) is 22.2 Å². The number of carboxylic acids is 2. The van der Waals surface area contributed by atoms with Crippen molar-refractivity contribution in [3.8, 4) is 0 Å². The topological polar surface area (TPSA) is 74.6 Å². The fourth-order valence-corrected chi connectivity index (χ4v) is 1.43. The van der Waals surface area contributed by atoms with Crippen LogP contribution in [0.1, 0.15) is 20.7 Å². The average molecular weight is 215 g/mol. The highest BCUT2D eigenvalue weighted by Crippen LogP contribution is 2.17. The number of benzene rings is 2. The number of carbonyl (C=O) groups is 2. The van der Waals surface area contributed by atoms with E-state index in [1.807, 2.05) is 0 Å². The molecule has 0 bridgehead atoms. The number of rotatable bonds is 2. The third-order valence-electron chi connectivity index (χ3n) is 2.23. The molecule has 0 aliphatic heterocycles. The monoisotopic (exact) mass is 215 g/mol. The Morgan fingerprint density at radius 1 is 1.00 bits per heavy atom. The summed E-state index contributed by atoms with van der Waals surface area (Å²) in [5.74, 6) is -2.13. The van der Waals surface area contributed by atoms with Crippen LogP contribution >= 0.6 is 0 Å². The molecule has 0 amide bonds. The standard InChI is InChI=1S/C12H7O4/c13-11(14)8-3-1-7-2-4-9(12(15)16)6-10(7)5-8/h1-5H,(H,13,14)(H,15,16). The van der Waals surface area contributed by atoms with Gasteiger partial charge in [-0.3, -0.25) is 0 Å². The van der Waals surface area contributed by atoms with Gasteiger partial charge in [-0.15, -0.1) is 0 Å². The molecule has 2 aromatic rings. The van der Waals surface area contributed by atoms with Crippen molar-refractivity contribution < 1.29 is 19.8 Å². The maximum Gasteiger partial charge on any atom is 0.336 e. The fraction of sp³-hybridized carbons (Fsp3) is 0. The van der Waals surface area contributed by atoms with Crippen molar-refractivity contribution in [1.82, 2.24) is 0 Å². The van der Waals surface area contributed by atoms with Crippen LogP contribution in [0.25, 0.3) is 10.8 Å². The first-order chi connectivity index (χ1) is 7.58. The molecular formula is C12H7O4. The summed E-state index contributed by atoms with van der Waals surface area (Å²) in [5, 5.41) is 18.8. The van der Waals surface area contributed by atoms with Crippen LogP contribution in [0.5, 0.6) is 0 Å². The quantitative estimate of drug-likeness (QED) is 0.803. The lowest BCUT2D eigenvalue weighted by molar-refractivity contribution is 0.0686. The summed E-state index contributed by atoms with van der Waals surface area (Å²) in [6, 6.07) is 10.2. The normalized spacial score (nSPS) is 10.2. The zero-order valence-corrected chi connectivity index (χ0v) is 8.10. The van der Waals surface area contributed by atoms with Crippen LogP contribution < -0.4 is 0 Å². The van der Waals surface area contributed by atoms with Crippen molar-refractivity contribution in [2.24, 2.45) is 0 Å². The lowest BCUT2D eigenvalue weighted by Gasteiger charge is -2.00. The molecule has 0 aliphatic carbocycles. The van der Waals surface area contributed by atoms with Crippen LogP contribution in [0, 0.1) is 6.07 Å². The summed E-state index contributed by atoms with van der Waals surface area (Å²) in [4.78, 5) is 21.4. The summed E-state index contributed by atoms with van der Waals surface area (Å²) < 4.78 is 0. The highest BCUT2D eigenvalue weighted by molar-refractivity contribution is 5.97. The van der Waals surface area contributed by atoms with Gasteiger partial charge in [-0.25, -0.2) is 9.59 Å². The van der Waals surface area contributed by atoms with Crippen LogP contribution in [-0.2, 0) is 0 Å². The lowest BCUT2D eigenvalue weighted by atomic mass is 10.0. The third-order valence-corrected chi connectivity index (χ3v) is 2.23. The van der Waals surface area contributed by atoms with Crippen molar-refractivity contribution in [1.29, 1.82) is 0 Å². The van der Waals surface area contributed by atoms with Crippen molar-refractivity contribution in [2.45, 2.75) is 0 Å². The van der Waals surface area contributed by atoms with Gasteiger partial charge in [0.2, 0.25) is 0 Å². The van der Waals surface area contributed by atoms with E-state index in [4.69, 9.17) is 10.2 Å². The molecule has 0 fully saturated rings. The molecule has 2 aromatic carbocycles. The molecule has 16 heavy (non-hydrogen) atoms. The maximum absolute atomic E-state index is 10.7. The average Bonchev–Trinajstić information content (AvgIpc) is 2.27. The van der Waals surface area contributed by atoms with Crippen LogP contribution in [0.4, 0.5) is 0 Å². The molecule has 2 rings (SSSR count). The molecule has 1 radical (unpaired) electrons. The number of aromatic carboxylic acids is 2. The van der Waals surface area contributed by atoms with E-state index in [0.29, 0.717) is 5.39 Å². The number of fused-ring (bicyclic) bond motifs is 1. The summed E-state index contributed by atoms with van der Waals surface area (Å²) in [7, 11) is 0. The molecule has 2 N–H and O–H groups in total. The van der Waals surface area contributed by atoms with E-state index in [1.165, 1.54) is 18.2 Å². The second-order valence-electron chi connectivity index (χ2n) is 3.28. The van der Waals surface area contributed by atoms with Crippen LogP contribution in [0.2, 0.25) is 0 Å². The van der Waals surface area contributed by atoms with Crippen molar-refractivity contribution in [3.63, 3.8) is 0 Å². The minimum Gasteiger partial charge on any atom is -0.478 e. The molecule has 0 saturated carbocycles. The first-order valence-electron chi connectivity index (χ1n) is 4.50. The molecule has 0 heterocycles. The van der Waals surface area contributed by atoms with Crippen molar-refractivity contribution >= 4 is 22.7 Å². The van der Waals surface area contributed by atoms with E-state index < -0.39 is 11.9 Å². The van der Waals surface area contributed by atoms with E-state index in [1.54, 1.807) is 12.1 Å². The predicted octanol–water partition coefficient (Wildman–Crippen LogP) is 2.04. The first-order valence-corrected chi connectivity index (χ1v) is 4.50. The predicted molar refractivity (Wildman–Crippen MR) is 56.7 cm³/mol. The first kappa shape index (κ1) is 10.2. The second kappa shape index (κ2) is 3.66. The van der Waals surface area contributed by atoms with E-state index >= 15 is 0 Å². The van der Waals surface area contributed by atoms with E-state index in [-0.39, 0.29) is 11.1 Å². The summed E-state index contributed by atoms with van der Waals surface area (Å²) in [5.41, 5.74) is 0.140. The van der Waals surface area contributed by atoms with Gasteiger partial charge in [-0.2, -0.15) is 0 Å². The summed E-state index contributed by atoms with van der Waals surface area (Å²) in [6.07, 6.45) is 0. The number of hydrogen-bond acceptors (Lipinski definition) is 2. The minimum atomic E-state index is -1.08. The zero-order valence-electron chi connectivity index (χ0n) is 8.10. The van der Waals surface area contributed by atoms with Gasteiger partial charge >= 0.3 is 11.9 Å². The molecule has 0 aromatic heterocycles. The highest BCUT2D eigenvalue weighted by Gasteiger charge is 2.07. The van der Waals surface area contributed by atoms with Gasteiger partial charge in [0.25, 0.3) is 0 Å². The van der Waals surface area contributed by atoms with E-state index in [9.17, 15) is 9.59 Å². The Balaban J connectivity index is 2.65. The van der Waals surface area contributed by atoms with Gasteiger partial charge in [0, 0.05) is 6.07 Å². The maximum atomic E-state index is 10.7.